The van der Waals surface area contributed by atoms with Gasteiger partial charge < -0.3 is 15.4 Å². The lowest BCUT2D eigenvalue weighted by molar-refractivity contribution is -0.384. The van der Waals surface area contributed by atoms with Gasteiger partial charge in [0.1, 0.15) is 12.2 Å². The van der Waals surface area contributed by atoms with Crippen molar-refractivity contribution in [2.45, 2.75) is 6.54 Å². The van der Waals surface area contributed by atoms with Crippen molar-refractivity contribution < 1.29 is 19.6 Å². The number of carbonyl (C=O) groups is 2. The fourth-order valence-electron chi connectivity index (χ4n) is 1.47. The molecular weight excluding hydrogens is 270 g/mol. The number of aromatic nitrogens is 3. The van der Waals surface area contributed by atoms with E-state index >= 15 is 0 Å². The Bertz CT molecular complexity index is 673. The van der Waals surface area contributed by atoms with Gasteiger partial charge in [0.25, 0.3) is 11.6 Å². The first-order chi connectivity index (χ1) is 9.45. The fourth-order valence-corrected chi connectivity index (χ4v) is 1.47. The van der Waals surface area contributed by atoms with Crippen molar-refractivity contribution in [1.29, 1.82) is 0 Å². The quantitative estimate of drug-likeness (QED) is 0.535. The summed E-state index contributed by atoms with van der Waals surface area (Å²) in [5, 5.41) is 25.2. The van der Waals surface area contributed by atoms with Gasteiger partial charge in [-0.2, -0.15) is 5.10 Å². The summed E-state index contributed by atoms with van der Waals surface area (Å²) in [4.78, 5) is 34.6. The molecule has 2 rings (SSSR count). The second-order valence-electron chi connectivity index (χ2n) is 3.80. The van der Waals surface area contributed by atoms with Gasteiger partial charge in [-0.25, -0.2) is 0 Å². The molecule has 0 aromatic carbocycles. The zero-order chi connectivity index (χ0) is 14.7. The predicted molar refractivity (Wildman–Crippen MR) is 65.3 cm³/mol. The van der Waals surface area contributed by atoms with E-state index < -0.39 is 16.8 Å². The number of nitrogens with one attached hydrogen (secondary N) is 2. The number of H-pyrrole nitrogens is 1. The number of rotatable bonds is 5. The van der Waals surface area contributed by atoms with Gasteiger partial charge >= 0.3 is 5.97 Å². The largest absolute Gasteiger partial charge is 0.480 e. The minimum absolute atomic E-state index is 0.0164. The van der Waals surface area contributed by atoms with Crippen molar-refractivity contribution in [3.05, 3.63) is 40.5 Å². The normalized spacial score (nSPS) is 10.2. The Balaban J connectivity index is 2.05. The third kappa shape index (κ3) is 2.98. The molecule has 2 aromatic rings. The zero-order valence-electron chi connectivity index (χ0n) is 9.94. The van der Waals surface area contributed by atoms with Crippen LogP contribution in [0.25, 0.3) is 0 Å². The lowest BCUT2D eigenvalue weighted by Gasteiger charge is -1.98. The topological polar surface area (TPSA) is 143 Å². The van der Waals surface area contributed by atoms with Crippen LogP contribution in [0.4, 0.5) is 11.4 Å². The second-order valence-corrected chi connectivity index (χ2v) is 3.80. The number of hydrogen-bond donors (Lipinski definition) is 3. The van der Waals surface area contributed by atoms with Crippen LogP contribution in [0.1, 0.15) is 10.5 Å². The van der Waals surface area contributed by atoms with Gasteiger partial charge in [0.2, 0.25) is 0 Å². The maximum absolute atomic E-state index is 11.8. The van der Waals surface area contributed by atoms with Crippen molar-refractivity contribution >= 4 is 23.3 Å². The molecule has 0 aliphatic carbocycles. The number of aliphatic carboxylic acids is 1. The van der Waals surface area contributed by atoms with Crippen LogP contribution in [0.3, 0.4) is 0 Å². The van der Waals surface area contributed by atoms with Crippen LogP contribution >= 0.6 is 0 Å². The maximum atomic E-state index is 11.8. The molecule has 0 fully saturated rings. The van der Waals surface area contributed by atoms with E-state index in [2.05, 4.69) is 15.4 Å². The van der Waals surface area contributed by atoms with Crippen molar-refractivity contribution in [2.24, 2.45) is 0 Å². The molecule has 0 atom stereocenters. The van der Waals surface area contributed by atoms with Crippen molar-refractivity contribution in [3.63, 3.8) is 0 Å². The number of carboxylic acids is 1. The molecule has 10 heteroatoms. The molecule has 0 saturated carbocycles. The number of hydrogen-bond acceptors (Lipinski definition) is 5. The molecule has 10 nitrogen and oxygen atoms in total. The molecule has 0 unspecified atom stereocenters. The van der Waals surface area contributed by atoms with Gasteiger partial charge in [-0.05, 0) is 0 Å². The van der Waals surface area contributed by atoms with Crippen LogP contribution in [-0.4, -0.2) is 36.7 Å². The average Bonchev–Trinajstić information content (AvgIpc) is 2.97. The van der Waals surface area contributed by atoms with Gasteiger partial charge in [-0.3, -0.25) is 24.4 Å². The molecule has 0 aliphatic heterocycles. The summed E-state index contributed by atoms with van der Waals surface area (Å²) in [6.45, 7) is -0.330. The van der Waals surface area contributed by atoms with Crippen molar-refractivity contribution in [2.75, 3.05) is 5.32 Å². The second kappa shape index (κ2) is 5.22. The maximum Gasteiger partial charge on any atom is 0.325 e. The van der Waals surface area contributed by atoms with Crippen LogP contribution in [0, 0.1) is 10.1 Å². The Kier molecular flexibility index (Phi) is 3.46. The van der Waals surface area contributed by atoms with Crippen LogP contribution in [0.2, 0.25) is 0 Å². The van der Waals surface area contributed by atoms with E-state index in [0.717, 1.165) is 16.9 Å². The summed E-state index contributed by atoms with van der Waals surface area (Å²) < 4.78 is 1.13. The molecule has 0 bridgehead atoms. The number of nitrogens with zero attached hydrogens (tertiary/aromatic N) is 3. The number of amides is 1. The molecule has 0 spiro atoms. The van der Waals surface area contributed by atoms with E-state index in [4.69, 9.17) is 5.11 Å². The first kappa shape index (κ1) is 13.3. The smallest absolute Gasteiger partial charge is 0.325 e. The minimum atomic E-state index is -1.06. The highest BCUT2D eigenvalue weighted by Gasteiger charge is 2.15. The Labute approximate surface area is 111 Å². The zero-order valence-corrected chi connectivity index (χ0v) is 9.94. The lowest BCUT2D eigenvalue weighted by atomic mass is 10.4. The Hall–Kier alpha value is -3.17. The monoisotopic (exact) mass is 279 g/mol. The summed E-state index contributed by atoms with van der Waals surface area (Å²) in [6, 6.07) is 1.09. The molecule has 0 aliphatic rings. The van der Waals surface area contributed by atoms with Crippen LogP contribution in [0.5, 0.6) is 0 Å². The average molecular weight is 279 g/mol. The van der Waals surface area contributed by atoms with Gasteiger partial charge in [0.15, 0.2) is 0 Å². The molecule has 2 aromatic heterocycles. The van der Waals surface area contributed by atoms with E-state index in [1.54, 1.807) is 0 Å². The number of anilines is 1. The first-order valence-electron chi connectivity index (χ1n) is 5.34. The Morgan fingerprint density at radius 2 is 2.30 bits per heavy atom. The van der Waals surface area contributed by atoms with Gasteiger partial charge in [-0.1, -0.05) is 0 Å². The molecule has 2 heterocycles. The number of carboxylic acid groups (broad SMARTS) is 1. The number of aromatic amines is 1. The SMILES string of the molecule is O=C(O)Cn1cc(NC(=O)c2cc([N+](=O)[O-])c[nH]2)cn1. The summed E-state index contributed by atoms with van der Waals surface area (Å²) in [6.07, 6.45) is 3.71. The number of nitro groups is 1. The predicted octanol–water partition coefficient (Wildman–Crippen LogP) is 0.456. The fraction of sp³-hybridized carbons (Fsp3) is 0.100. The highest BCUT2D eigenvalue weighted by Crippen LogP contribution is 2.14. The summed E-state index contributed by atoms with van der Waals surface area (Å²) in [5.74, 6) is -1.65. The Morgan fingerprint density at radius 1 is 1.55 bits per heavy atom. The molecule has 20 heavy (non-hydrogen) atoms. The minimum Gasteiger partial charge on any atom is -0.480 e. The van der Waals surface area contributed by atoms with Gasteiger partial charge in [-0.15, -0.1) is 0 Å². The van der Waals surface area contributed by atoms with E-state index in [1.807, 2.05) is 0 Å². The first-order valence-corrected chi connectivity index (χ1v) is 5.34. The molecule has 1 amide bonds. The van der Waals surface area contributed by atoms with Gasteiger partial charge in [0.05, 0.1) is 23.0 Å². The van der Waals surface area contributed by atoms with E-state index in [9.17, 15) is 19.7 Å². The summed E-state index contributed by atoms with van der Waals surface area (Å²) >= 11 is 0. The molecule has 104 valence electrons. The van der Waals surface area contributed by atoms with Crippen molar-refractivity contribution in [3.8, 4) is 0 Å². The number of carbonyl (C=O) groups excluding carboxylic acids is 1. The van der Waals surface area contributed by atoms with Crippen LogP contribution in [0.15, 0.2) is 24.7 Å². The molecule has 0 radical (unpaired) electrons. The van der Waals surface area contributed by atoms with E-state index in [1.165, 1.54) is 12.4 Å². The summed E-state index contributed by atoms with van der Waals surface area (Å²) in [7, 11) is 0. The molecule has 3 N–H and O–H groups in total. The van der Waals surface area contributed by atoms with E-state index in [0.29, 0.717) is 0 Å². The standard InChI is InChI=1S/C10H9N5O5/c16-9(17)5-14-4-6(2-12-14)13-10(18)8-1-7(3-11-8)15(19)20/h1-4,11H,5H2,(H,13,18)(H,16,17). The van der Waals surface area contributed by atoms with Gasteiger partial charge in [0, 0.05) is 12.3 Å². The molecule has 0 saturated heterocycles. The molecular formula is C10H9N5O5. The van der Waals surface area contributed by atoms with Crippen LogP contribution in [-0.2, 0) is 11.3 Å². The Morgan fingerprint density at radius 3 is 2.90 bits per heavy atom. The highest BCUT2D eigenvalue weighted by atomic mass is 16.6. The highest BCUT2D eigenvalue weighted by molar-refractivity contribution is 6.03. The van der Waals surface area contributed by atoms with Crippen molar-refractivity contribution in [1.82, 2.24) is 14.8 Å². The third-order valence-electron chi connectivity index (χ3n) is 2.31. The lowest BCUT2D eigenvalue weighted by Crippen LogP contribution is -2.12. The third-order valence-corrected chi connectivity index (χ3v) is 2.31. The van der Waals surface area contributed by atoms with E-state index in [-0.39, 0.29) is 23.6 Å². The van der Waals surface area contributed by atoms with Crippen LogP contribution < -0.4 is 5.32 Å². The summed E-state index contributed by atoms with van der Waals surface area (Å²) in [5.41, 5.74) is 0.0768.